The van der Waals surface area contributed by atoms with Gasteiger partial charge in [-0.25, -0.2) is 0 Å². The normalized spacial score (nSPS) is 14.8. The molecule has 6 rings (SSSR count). The molecule has 5 aromatic rings. The first-order valence-electron chi connectivity index (χ1n) is 12.7. The quantitative estimate of drug-likeness (QED) is 0.270. The van der Waals surface area contributed by atoms with Crippen LogP contribution >= 0.6 is 0 Å². The van der Waals surface area contributed by atoms with Gasteiger partial charge in [-0.15, -0.1) is 0 Å². The monoisotopic (exact) mass is 476 g/mol. The number of allylic oxidation sites excluding steroid dienone is 2. The van der Waals surface area contributed by atoms with Crippen LogP contribution in [0.2, 0.25) is 0 Å². The third-order valence-electron chi connectivity index (χ3n) is 7.19. The van der Waals surface area contributed by atoms with Crippen molar-refractivity contribution in [2.75, 3.05) is 0 Å². The average molecular weight is 477 g/mol. The highest BCUT2D eigenvalue weighted by molar-refractivity contribution is 6.30. The Bertz CT molecular complexity index is 1480. The van der Waals surface area contributed by atoms with Gasteiger partial charge in [0.25, 0.3) is 0 Å². The Morgan fingerprint density at radius 3 is 1.08 bits per heavy atom. The van der Waals surface area contributed by atoms with E-state index in [9.17, 15) is 5.11 Å². The van der Waals surface area contributed by atoms with Crippen LogP contribution in [0.1, 0.15) is 33.4 Å². The van der Waals surface area contributed by atoms with Crippen molar-refractivity contribution < 1.29 is 5.11 Å². The van der Waals surface area contributed by atoms with Gasteiger partial charge < -0.3 is 5.11 Å². The zero-order valence-electron chi connectivity index (χ0n) is 20.8. The summed E-state index contributed by atoms with van der Waals surface area (Å²) in [6.07, 6.45) is 0. The molecule has 5 aromatic carbocycles. The predicted molar refractivity (Wildman–Crippen MR) is 154 cm³/mol. The van der Waals surface area contributed by atoms with Gasteiger partial charge in [0, 0.05) is 11.1 Å². The van der Waals surface area contributed by atoms with E-state index < -0.39 is 5.60 Å². The molecule has 0 saturated heterocycles. The molecule has 0 radical (unpaired) electrons. The van der Waals surface area contributed by atoms with Crippen LogP contribution in [0.4, 0.5) is 0 Å². The maximum atomic E-state index is 13.2. The van der Waals surface area contributed by atoms with Crippen LogP contribution in [0.25, 0.3) is 22.3 Å². The van der Waals surface area contributed by atoms with Crippen molar-refractivity contribution in [3.8, 4) is 0 Å². The molecule has 0 spiro atoms. The highest BCUT2D eigenvalue weighted by Gasteiger charge is 2.48. The van der Waals surface area contributed by atoms with Crippen LogP contribution in [0.5, 0.6) is 0 Å². The molecule has 0 amide bonds. The number of rotatable bonds is 5. The van der Waals surface area contributed by atoms with Crippen molar-refractivity contribution in [2.45, 2.75) is 12.5 Å². The van der Waals surface area contributed by atoms with Gasteiger partial charge in [-0.1, -0.05) is 151 Å². The predicted octanol–water partition coefficient (Wildman–Crippen LogP) is 8.42. The van der Waals surface area contributed by atoms with Crippen molar-refractivity contribution in [3.05, 3.63) is 179 Å². The maximum Gasteiger partial charge on any atom is 0.142 e. The molecule has 1 aliphatic carbocycles. The summed E-state index contributed by atoms with van der Waals surface area (Å²) in [5.41, 5.74) is 8.73. The Morgan fingerprint density at radius 2 is 0.730 bits per heavy atom. The second-order valence-electron chi connectivity index (χ2n) is 9.54. The Labute approximate surface area is 218 Å². The van der Waals surface area contributed by atoms with Gasteiger partial charge in [0.05, 0.1) is 0 Å². The number of benzene rings is 5. The number of aliphatic hydroxyl groups is 1. The molecule has 1 aliphatic rings. The number of hydrogen-bond donors (Lipinski definition) is 1. The fourth-order valence-corrected chi connectivity index (χ4v) is 5.52. The van der Waals surface area contributed by atoms with Gasteiger partial charge in [-0.05, 0) is 45.9 Å². The summed E-state index contributed by atoms with van der Waals surface area (Å²) < 4.78 is 0. The van der Waals surface area contributed by atoms with Crippen LogP contribution in [0.3, 0.4) is 0 Å². The van der Waals surface area contributed by atoms with E-state index in [-0.39, 0.29) is 0 Å². The van der Waals surface area contributed by atoms with Crippen LogP contribution in [0, 0.1) is 6.92 Å². The first-order valence-corrected chi connectivity index (χ1v) is 12.7. The minimum atomic E-state index is -1.37. The van der Waals surface area contributed by atoms with Crippen molar-refractivity contribution in [1.29, 1.82) is 0 Å². The lowest BCUT2D eigenvalue weighted by molar-refractivity contribution is 0.167. The number of aryl methyl sites for hydroxylation is 1. The molecule has 0 aliphatic heterocycles. The zero-order valence-corrected chi connectivity index (χ0v) is 20.8. The molecule has 0 aromatic heterocycles. The molecule has 0 saturated carbocycles. The van der Waals surface area contributed by atoms with Crippen LogP contribution in [0.15, 0.2) is 146 Å². The van der Waals surface area contributed by atoms with Crippen LogP contribution < -0.4 is 0 Å². The second kappa shape index (κ2) is 9.54. The van der Waals surface area contributed by atoms with Gasteiger partial charge in [0.1, 0.15) is 5.60 Å². The van der Waals surface area contributed by atoms with Crippen molar-refractivity contribution in [3.63, 3.8) is 0 Å². The Balaban J connectivity index is 1.82. The van der Waals surface area contributed by atoms with Gasteiger partial charge in [0.15, 0.2) is 0 Å². The average Bonchev–Trinajstić information content (AvgIpc) is 3.25. The molecule has 0 bridgehead atoms. The van der Waals surface area contributed by atoms with E-state index in [0.29, 0.717) is 0 Å². The SMILES string of the molecule is Cc1ccc(C2(O)C(c3ccccc3)=C(c3ccccc3)C(c3ccccc3)=C2c2ccccc2)cc1. The molecule has 1 heteroatoms. The summed E-state index contributed by atoms with van der Waals surface area (Å²) in [5.74, 6) is 0. The summed E-state index contributed by atoms with van der Waals surface area (Å²) in [7, 11) is 0. The molecule has 1 nitrogen and oxygen atoms in total. The molecule has 178 valence electrons. The number of hydrogen-bond acceptors (Lipinski definition) is 1. The van der Waals surface area contributed by atoms with E-state index in [4.69, 9.17) is 0 Å². The largest absolute Gasteiger partial charge is 0.376 e. The van der Waals surface area contributed by atoms with E-state index in [1.165, 1.54) is 0 Å². The third-order valence-corrected chi connectivity index (χ3v) is 7.19. The lowest BCUT2D eigenvalue weighted by atomic mass is 9.76. The highest BCUT2D eigenvalue weighted by Crippen LogP contribution is 2.60. The maximum absolute atomic E-state index is 13.2. The third kappa shape index (κ3) is 3.94. The van der Waals surface area contributed by atoms with E-state index >= 15 is 0 Å². The van der Waals surface area contributed by atoms with Crippen molar-refractivity contribution >= 4 is 22.3 Å². The van der Waals surface area contributed by atoms with E-state index in [2.05, 4.69) is 104 Å². The van der Waals surface area contributed by atoms with Crippen LogP contribution in [-0.4, -0.2) is 5.11 Å². The fourth-order valence-electron chi connectivity index (χ4n) is 5.52. The Hall–Kier alpha value is -4.46. The molecule has 1 N–H and O–H groups in total. The van der Waals surface area contributed by atoms with Crippen molar-refractivity contribution in [2.24, 2.45) is 0 Å². The van der Waals surface area contributed by atoms with E-state index in [1.54, 1.807) is 0 Å². The molecule has 0 atom stereocenters. The molecular formula is C36H28O. The standard InChI is InChI=1S/C36H28O/c1-26-22-24-31(25-23-26)36(37)34(29-18-10-4-11-19-29)32(27-14-6-2-7-15-27)33(28-16-8-3-9-17-28)35(36)30-20-12-5-13-21-30/h2-25,37H,1H3. The molecule has 37 heavy (non-hydrogen) atoms. The van der Waals surface area contributed by atoms with E-state index in [0.717, 1.165) is 55.7 Å². The van der Waals surface area contributed by atoms with Gasteiger partial charge in [-0.3, -0.25) is 0 Å². The second-order valence-corrected chi connectivity index (χ2v) is 9.54. The minimum absolute atomic E-state index is 0.857. The molecule has 0 unspecified atom stereocenters. The topological polar surface area (TPSA) is 20.2 Å². The molecule has 0 fully saturated rings. The molecular weight excluding hydrogens is 448 g/mol. The minimum Gasteiger partial charge on any atom is -0.376 e. The summed E-state index contributed by atoms with van der Waals surface area (Å²) in [5, 5.41) is 13.2. The molecule has 0 heterocycles. The van der Waals surface area contributed by atoms with Gasteiger partial charge in [0.2, 0.25) is 0 Å². The lowest BCUT2D eigenvalue weighted by Crippen LogP contribution is -2.27. The summed E-state index contributed by atoms with van der Waals surface area (Å²) in [6, 6.07) is 49.9. The highest BCUT2D eigenvalue weighted by atomic mass is 16.3. The smallest absolute Gasteiger partial charge is 0.142 e. The van der Waals surface area contributed by atoms with E-state index in [1.807, 2.05) is 48.5 Å². The summed E-state index contributed by atoms with van der Waals surface area (Å²) in [4.78, 5) is 0. The summed E-state index contributed by atoms with van der Waals surface area (Å²) in [6.45, 7) is 2.08. The lowest BCUT2D eigenvalue weighted by Gasteiger charge is -2.32. The van der Waals surface area contributed by atoms with Gasteiger partial charge >= 0.3 is 0 Å². The summed E-state index contributed by atoms with van der Waals surface area (Å²) >= 11 is 0. The van der Waals surface area contributed by atoms with Crippen LogP contribution in [-0.2, 0) is 5.60 Å². The van der Waals surface area contributed by atoms with Crippen molar-refractivity contribution in [1.82, 2.24) is 0 Å². The van der Waals surface area contributed by atoms with Gasteiger partial charge in [-0.2, -0.15) is 0 Å². The fraction of sp³-hybridized carbons (Fsp3) is 0.0556. The first kappa shape index (κ1) is 23.0. The Kier molecular flexibility index (Phi) is 5.92. The Morgan fingerprint density at radius 1 is 0.405 bits per heavy atom. The first-order chi connectivity index (χ1) is 18.2. The zero-order chi connectivity index (χ0) is 25.2.